The second-order valence-corrected chi connectivity index (χ2v) is 4.64. The van der Waals surface area contributed by atoms with Crippen LogP contribution >= 0.6 is 0 Å². The maximum absolute atomic E-state index is 12.1. The van der Waals surface area contributed by atoms with Gasteiger partial charge >= 0.3 is 0 Å². The molecule has 0 aliphatic carbocycles. The van der Waals surface area contributed by atoms with Gasteiger partial charge in [-0.15, -0.1) is 0 Å². The van der Waals surface area contributed by atoms with E-state index < -0.39 is 6.10 Å². The number of carbonyl (C=O) groups is 1. The fraction of sp³-hybridized carbons (Fsp3) is 0.500. The maximum Gasteiger partial charge on any atom is 0.253 e. The number of nitrogens with zero attached hydrogens (tertiary/aromatic N) is 1. The number of rotatable bonds is 4. The molecule has 0 radical (unpaired) electrons. The van der Waals surface area contributed by atoms with Crippen molar-refractivity contribution in [1.82, 2.24) is 4.90 Å². The molecule has 2 unspecified atom stereocenters. The summed E-state index contributed by atoms with van der Waals surface area (Å²) in [4.78, 5) is 14.0. The highest BCUT2D eigenvalue weighted by atomic mass is 16.5. The minimum atomic E-state index is -0.500. The van der Waals surface area contributed by atoms with E-state index in [-0.39, 0.29) is 12.5 Å². The summed E-state index contributed by atoms with van der Waals surface area (Å²) in [6, 6.07) is 10.3. The van der Waals surface area contributed by atoms with Gasteiger partial charge in [0.05, 0.1) is 0 Å². The number of nitrogens with two attached hydrogens (primary N) is 1. The van der Waals surface area contributed by atoms with Gasteiger partial charge in [-0.1, -0.05) is 30.3 Å². The van der Waals surface area contributed by atoms with Crippen LogP contribution in [0, 0.1) is 0 Å². The van der Waals surface area contributed by atoms with E-state index in [0.29, 0.717) is 5.92 Å². The second kappa shape index (κ2) is 5.98. The Morgan fingerprint density at radius 3 is 2.83 bits per heavy atom. The molecular weight excluding hydrogens is 228 g/mol. The number of likely N-dealkylation sites (tertiary alicyclic amines) is 1. The minimum Gasteiger partial charge on any atom is -0.370 e. The Bertz CT molecular complexity index is 390. The lowest BCUT2D eigenvalue weighted by Crippen LogP contribution is -2.42. The Labute approximate surface area is 108 Å². The van der Waals surface area contributed by atoms with E-state index in [0.717, 1.165) is 19.5 Å². The smallest absolute Gasteiger partial charge is 0.253 e. The van der Waals surface area contributed by atoms with Gasteiger partial charge in [-0.05, 0) is 12.0 Å². The van der Waals surface area contributed by atoms with E-state index in [4.69, 9.17) is 10.5 Å². The first-order valence-electron chi connectivity index (χ1n) is 6.33. The van der Waals surface area contributed by atoms with Gasteiger partial charge in [0.1, 0.15) is 6.10 Å². The van der Waals surface area contributed by atoms with Crippen LogP contribution in [0.25, 0.3) is 0 Å². The van der Waals surface area contributed by atoms with Gasteiger partial charge in [-0.2, -0.15) is 0 Å². The Morgan fingerprint density at radius 2 is 2.22 bits per heavy atom. The number of ether oxygens (including phenoxy) is 1. The van der Waals surface area contributed by atoms with E-state index >= 15 is 0 Å². The monoisotopic (exact) mass is 248 g/mol. The first kappa shape index (κ1) is 13.1. The summed E-state index contributed by atoms with van der Waals surface area (Å²) in [5, 5.41) is 0. The Morgan fingerprint density at radius 1 is 1.50 bits per heavy atom. The van der Waals surface area contributed by atoms with Crippen molar-refractivity contribution in [2.24, 2.45) is 5.73 Å². The van der Waals surface area contributed by atoms with E-state index in [1.54, 1.807) is 0 Å². The van der Waals surface area contributed by atoms with Gasteiger partial charge in [0.2, 0.25) is 0 Å². The fourth-order valence-electron chi connectivity index (χ4n) is 2.46. The summed E-state index contributed by atoms with van der Waals surface area (Å²) in [6.45, 7) is 1.79. The molecule has 1 heterocycles. The lowest BCUT2D eigenvalue weighted by Gasteiger charge is -2.21. The second-order valence-electron chi connectivity index (χ2n) is 4.64. The van der Waals surface area contributed by atoms with Crippen LogP contribution in [0.3, 0.4) is 0 Å². The molecule has 1 saturated heterocycles. The molecule has 1 aliphatic rings. The summed E-state index contributed by atoms with van der Waals surface area (Å²) < 4.78 is 5.10. The SMILES string of the molecule is COC(CN)C(=O)N1CCC(c2ccccc2)C1. The van der Waals surface area contributed by atoms with Crippen LogP contribution in [-0.2, 0) is 9.53 Å². The predicted octanol–water partition coefficient (Wildman–Crippen LogP) is 0.976. The van der Waals surface area contributed by atoms with Gasteiger partial charge < -0.3 is 15.4 Å². The third kappa shape index (κ3) is 2.71. The lowest BCUT2D eigenvalue weighted by molar-refractivity contribution is -0.140. The standard InChI is InChI=1S/C14H20N2O2/c1-18-13(9-15)14(17)16-8-7-12(10-16)11-5-3-2-4-6-11/h2-6,12-13H,7-10,15H2,1H3. The molecule has 18 heavy (non-hydrogen) atoms. The summed E-state index contributed by atoms with van der Waals surface area (Å²) in [5.74, 6) is 0.448. The zero-order valence-corrected chi connectivity index (χ0v) is 10.7. The third-order valence-corrected chi connectivity index (χ3v) is 3.54. The predicted molar refractivity (Wildman–Crippen MR) is 70.2 cm³/mol. The fourth-order valence-corrected chi connectivity index (χ4v) is 2.46. The lowest BCUT2D eigenvalue weighted by atomic mass is 9.99. The summed E-state index contributed by atoms with van der Waals surface area (Å²) >= 11 is 0. The number of hydrogen-bond donors (Lipinski definition) is 1. The zero-order chi connectivity index (χ0) is 13.0. The molecule has 1 aliphatic heterocycles. The highest BCUT2D eigenvalue weighted by Gasteiger charge is 2.30. The van der Waals surface area contributed by atoms with Crippen molar-refractivity contribution in [3.8, 4) is 0 Å². The van der Waals surface area contributed by atoms with E-state index in [9.17, 15) is 4.79 Å². The normalized spacial score (nSPS) is 21.0. The van der Waals surface area contributed by atoms with Gasteiger partial charge in [0.25, 0.3) is 5.91 Å². The van der Waals surface area contributed by atoms with Crippen molar-refractivity contribution in [3.63, 3.8) is 0 Å². The highest BCUT2D eigenvalue weighted by molar-refractivity contribution is 5.81. The van der Waals surface area contributed by atoms with Crippen molar-refractivity contribution in [3.05, 3.63) is 35.9 Å². The molecule has 2 atom stereocenters. The number of methoxy groups -OCH3 is 1. The van der Waals surface area contributed by atoms with E-state index in [2.05, 4.69) is 12.1 Å². The topological polar surface area (TPSA) is 55.6 Å². The average Bonchev–Trinajstić information content (AvgIpc) is 2.90. The summed E-state index contributed by atoms with van der Waals surface area (Å²) in [6.07, 6.45) is 0.510. The number of amides is 1. The molecule has 0 saturated carbocycles. The van der Waals surface area contributed by atoms with Gasteiger partial charge in [-0.25, -0.2) is 0 Å². The van der Waals surface area contributed by atoms with Crippen LogP contribution in [-0.4, -0.2) is 43.7 Å². The quantitative estimate of drug-likeness (QED) is 0.864. The Kier molecular flexibility index (Phi) is 4.33. The molecule has 2 N–H and O–H groups in total. The van der Waals surface area contributed by atoms with Crippen LogP contribution in [0.1, 0.15) is 17.9 Å². The number of benzene rings is 1. The van der Waals surface area contributed by atoms with Gasteiger partial charge in [0, 0.05) is 32.7 Å². The molecular formula is C14H20N2O2. The largest absolute Gasteiger partial charge is 0.370 e. The average molecular weight is 248 g/mol. The Balaban J connectivity index is 1.98. The summed E-state index contributed by atoms with van der Waals surface area (Å²) in [7, 11) is 1.53. The molecule has 1 fully saturated rings. The zero-order valence-electron chi connectivity index (χ0n) is 10.7. The molecule has 0 aromatic heterocycles. The van der Waals surface area contributed by atoms with Crippen LogP contribution < -0.4 is 5.73 Å². The number of hydrogen-bond acceptors (Lipinski definition) is 3. The van der Waals surface area contributed by atoms with Crippen LogP contribution in [0.5, 0.6) is 0 Å². The first-order chi connectivity index (χ1) is 8.76. The van der Waals surface area contributed by atoms with Crippen molar-refractivity contribution in [2.45, 2.75) is 18.4 Å². The van der Waals surface area contributed by atoms with Gasteiger partial charge in [0.15, 0.2) is 0 Å². The molecule has 4 nitrogen and oxygen atoms in total. The van der Waals surface area contributed by atoms with Crippen molar-refractivity contribution in [2.75, 3.05) is 26.7 Å². The maximum atomic E-state index is 12.1. The van der Waals surface area contributed by atoms with Crippen molar-refractivity contribution >= 4 is 5.91 Å². The molecule has 0 bridgehead atoms. The molecule has 2 rings (SSSR count). The third-order valence-electron chi connectivity index (χ3n) is 3.54. The van der Waals surface area contributed by atoms with Gasteiger partial charge in [-0.3, -0.25) is 4.79 Å². The first-order valence-corrected chi connectivity index (χ1v) is 6.33. The molecule has 1 aromatic rings. The van der Waals surface area contributed by atoms with Crippen molar-refractivity contribution in [1.29, 1.82) is 0 Å². The highest BCUT2D eigenvalue weighted by Crippen LogP contribution is 2.27. The molecule has 98 valence electrons. The van der Waals surface area contributed by atoms with Crippen molar-refractivity contribution < 1.29 is 9.53 Å². The molecule has 1 aromatic carbocycles. The molecule has 1 amide bonds. The summed E-state index contributed by atoms with van der Waals surface area (Å²) in [5.41, 5.74) is 6.83. The van der Waals surface area contributed by atoms with Crippen LogP contribution in [0.2, 0.25) is 0 Å². The van der Waals surface area contributed by atoms with E-state index in [1.165, 1.54) is 12.7 Å². The van der Waals surface area contributed by atoms with E-state index in [1.807, 2.05) is 23.1 Å². The van der Waals surface area contributed by atoms with Crippen LogP contribution in [0.4, 0.5) is 0 Å². The van der Waals surface area contributed by atoms with Crippen LogP contribution in [0.15, 0.2) is 30.3 Å². The Hall–Kier alpha value is -1.39. The number of carbonyl (C=O) groups excluding carboxylic acids is 1. The molecule has 4 heteroatoms. The molecule has 0 spiro atoms. The minimum absolute atomic E-state index is 0.0124.